The smallest absolute Gasteiger partial charge is 0.266 e. The van der Waals surface area contributed by atoms with Crippen molar-refractivity contribution in [2.45, 2.75) is 4.90 Å². The molecule has 0 bridgehead atoms. The van der Waals surface area contributed by atoms with E-state index in [0.29, 0.717) is 5.69 Å². The van der Waals surface area contributed by atoms with Crippen molar-refractivity contribution in [3.8, 4) is 0 Å². The molecule has 0 aliphatic carbocycles. The van der Waals surface area contributed by atoms with E-state index >= 15 is 0 Å². The molecule has 1 aromatic heterocycles. The highest BCUT2D eigenvalue weighted by atomic mass is 35.5. The first-order chi connectivity index (χ1) is 9.81. The minimum Gasteiger partial charge on any atom is -0.376 e. The maximum atomic E-state index is 12.3. The van der Waals surface area contributed by atoms with Crippen molar-refractivity contribution in [2.24, 2.45) is 0 Å². The molecule has 0 spiro atoms. The lowest BCUT2D eigenvalue weighted by atomic mass is 10.2. The fourth-order valence-corrected chi connectivity index (χ4v) is 3.05. The number of anilines is 2. The van der Waals surface area contributed by atoms with Crippen molar-refractivity contribution < 1.29 is 8.42 Å². The predicted octanol–water partition coefficient (Wildman–Crippen LogP) is 1.90. The number of benzene rings is 1. The summed E-state index contributed by atoms with van der Waals surface area (Å²) in [5.41, 5.74) is 0.616. The number of H-pyrrole nitrogens is 1. The molecule has 2 aromatic rings. The van der Waals surface area contributed by atoms with E-state index in [1.807, 2.05) is 20.2 Å². The van der Waals surface area contributed by atoms with Crippen LogP contribution >= 0.6 is 11.6 Å². The van der Waals surface area contributed by atoms with Crippen molar-refractivity contribution >= 4 is 33.0 Å². The molecule has 8 heteroatoms. The van der Waals surface area contributed by atoms with Gasteiger partial charge in [0.25, 0.3) is 15.6 Å². The monoisotopic (exact) mass is 327 g/mol. The molecular formula is C13H14ClN3O3S. The molecule has 0 amide bonds. The Balaban J connectivity index is 2.42. The highest BCUT2D eigenvalue weighted by Crippen LogP contribution is 2.26. The molecule has 0 saturated heterocycles. The van der Waals surface area contributed by atoms with Crippen LogP contribution in [0, 0.1) is 0 Å². The quantitative estimate of drug-likeness (QED) is 0.898. The number of hydrogen-bond donors (Lipinski definition) is 2. The fraction of sp³-hybridized carbons (Fsp3) is 0.154. The van der Waals surface area contributed by atoms with Gasteiger partial charge in [-0.1, -0.05) is 23.7 Å². The summed E-state index contributed by atoms with van der Waals surface area (Å²) in [4.78, 5) is 15.1. The zero-order valence-electron chi connectivity index (χ0n) is 11.4. The Kier molecular flexibility index (Phi) is 4.24. The summed E-state index contributed by atoms with van der Waals surface area (Å²) in [6, 6.07) is 8.09. The summed E-state index contributed by atoms with van der Waals surface area (Å²) in [5.74, 6) is 0. The van der Waals surface area contributed by atoms with Gasteiger partial charge in [-0.2, -0.15) is 0 Å². The lowest BCUT2D eigenvalue weighted by Crippen LogP contribution is -2.18. The number of sulfonamides is 1. The number of nitrogens with zero attached hydrogens (tertiary/aromatic N) is 1. The summed E-state index contributed by atoms with van der Waals surface area (Å²) in [6.45, 7) is 0. The molecule has 0 aliphatic rings. The van der Waals surface area contributed by atoms with Crippen LogP contribution in [0.25, 0.3) is 0 Å². The van der Waals surface area contributed by atoms with Crippen LogP contribution in [0.4, 0.5) is 11.4 Å². The van der Waals surface area contributed by atoms with Crippen molar-refractivity contribution in [2.75, 3.05) is 23.7 Å². The molecule has 21 heavy (non-hydrogen) atoms. The van der Waals surface area contributed by atoms with Gasteiger partial charge in [-0.05, 0) is 18.2 Å². The number of rotatable bonds is 4. The zero-order chi connectivity index (χ0) is 15.6. The minimum absolute atomic E-state index is 0.111. The molecule has 2 N–H and O–H groups in total. The van der Waals surface area contributed by atoms with Gasteiger partial charge in [0, 0.05) is 20.3 Å². The molecule has 112 valence electrons. The van der Waals surface area contributed by atoms with Gasteiger partial charge < -0.3 is 9.88 Å². The SMILES string of the molecule is CN(C)c1ccccc1NS(=O)(=O)c1c[nH]c(=O)c(Cl)c1. The Hall–Kier alpha value is -1.99. The summed E-state index contributed by atoms with van der Waals surface area (Å²) < 4.78 is 27.1. The van der Waals surface area contributed by atoms with Crippen LogP contribution in [0.1, 0.15) is 0 Å². The summed E-state index contributed by atoms with van der Waals surface area (Å²) >= 11 is 5.66. The second-order valence-corrected chi connectivity index (χ2v) is 6.62. The molecule has 2 rings (SSSR count). The van der Waals surface area contributed by atoms with Crippen LogP contribution in [0.15, 0.2) is 46.2 Å². The molecule has 1 heterocycles. The Morgan fingerprint density at radius 2 is 1.90 bits per heavy atom. The number of para-hydroxylation sites is 2. The first kappa shape index (κ1) is 15.4. The van der Waals surface area contributed by atoms with Crippen molar-refractivity contribution in [1.82, 2.24) is 4.98 Å². The average molecular weight is 328 g/mol. The lowest BCUT2D eigenvalue weighted by Gasteiger charge is -2.18. The Labute approximate surface area is 127 Å². The van der Waals surface area contributed by atoms with Gasteiger partial charge >= 0.3 is 0 Å². The first-order valence-corrected chi connectivity index (χ1v) is 7.85. The van der Waals surface area contributed by atoms with Gasteiger partial charge in [0.15, 0.2) is 0 Å². The van der Waals surface area contributed by atoms with E-state index in [9.17, 15) is 13.2 Å². The fourth-order valence-electron chi connectivity index (χ4n) is 1.75. The van der Waals surface area contributed by atoms with Crippen molar-refractivity contribution in [1.29, 1.82) is 0 Å². The van der Waals surface area contributed by atoms with Gasteiger partial charge in [0.2, 0.25) is 0 Å². The molecule has 0 radical (unpaired) electrons. The normalized spacial score (nSPS) is 11.2. The molecule has 0 unspecified atom stereocenters. The molecule has 0 atom stereocenters. The molecule has 0 fully saturated rings. The minimum atomic E-state index is -3.84. The summed E-state index contributed by atoms with van der Waals surface area (Å²) in [7, 11) is -0.221. The van der Waals surface area contributed by atoms with Gasteiger partial charge in [-0.25, -0.2) is 8.42 Å². The number of halogens is 1. The highest BCUT2D eigenvalue weighted by Gasteiger charge is 2.17. The number of aromatic amines is 1. The first-order valence-electron chi connectivity index (χ1n) is 5.98. The van der Waals surface area contributed by atoms with Crippen molar-refractivity contribution in [3.05, 3.63) is 51.9 Å². The molecular weight excluding hydrogens is 314 g/mol. The third-order valence-electron chi connectivity index (χ3n) is 2.77. The van der Waals surface area contributed by atoms with Crippen LogP contribution in [-0.4, -0.2) is 27.5 Å². The number of aromatic nitrogens is 1. The zero-order valence-corrected chi connectivity index (χ0v) is 13.0. The maximum absolute atomic E-state index is 12.3. The van der Waals surface area contributed by atoms with E-state index in [1.54, 1.807) is 23.1 Å². The number of hydrogen-bond acceptors (Lipinski definition) is 4. The Morgan fingerprint density at radius 3 is 2.52 bits per heavy atom. The largest absolute Gasteiger partial charge is 0.376 e. The Morgan fingerprint density at radius 1 is 1.24 bits per heavy atom. The molecule has 0 aliphatic heterocycles. The van der Waals surface area contributed by atoms with E-state index in [-0.39, 0.29) is 9.92 Å². The van der Waals surface area contributed by atoms with Crippen LogP contribution < -0.4 is 15.2 Å². The topological polar surface area (TPSA) is 82.3 Å². The van der Waals surface area contributed by atoms with E-state index < -0.39 is 15.6 Å². The summed E-state index contributed by atoms with van der Waals surface area (Å²) in [6.07, 6.45) is 1.11. The average Bonchev–Trinajstić information content (AvgIpc) is 2.41. The van der Waals surface area contributed by atoms with Crippen LogP contribution in [0.3, 0.4) is 0 Å². The molecule has 6 nitrogen and oxygen atoms in total. The van der Waals surface area contributed by atoms with Gasteiger partial charge in [0.05, 0.1) is 11.4 Å². The van der Waals surface area contributed by atoms with E-state index in [0.717, 1.165) is 18.0 Å². The molecule has 0 saturated carbocycles. The van der Waals surface area contributed by atoms with E-state index in [4.69, 9.17) is 11.6 Å². The van der Waals surface area contributed by atoms with Crippen LogP contribution in [0.5, 0.6) is 0 Å². The maximum Gasteiger partial charge on any atom is 0.266 e. The summed E-state index contributed by atoms with van der Waals surface area (Å²) in [5, 5.41) is -0.182. The van der Waals surface area contributed by atoms with Crippen LogP contribution in [0.2, 0.25) is 5.02 Å². The third-order valence-corrected chi connectivity index (χ3v) is 4.40. The Bertz CT molecular complexity index is 815. The highest BCUT2D eigenvalue weighted by molar-refractivity contribution is 7.92. The standard InChI is InChI=1S/C13H14ClN3O3S/c1-17(2)12-6-4-3-5-11(12)16-21(19,20)9-7-10(14)13(18)15-8-9/h3-8,16H,1-2H3,(H,15,18). The van der Waals surface area contributed by atoms with E-state index in [1.165, 1.54) is 0 Å². The predicted molar refractivity (Wildman–Crippen MR) is 83.7 cm³/mol. The molecule has 1 aromatic carbocycles. The second kappa shape index (κ2) is 5.79. The van der Waals surface area contributed by atoms with Crippen LogP contribution in [-0.2, 0) is 10.0 Å². The van der Waals surface area contributed by atoms with Gasteiger partial charge in [-0.3, -0.25) is 9.52 Å². The van der Waals surface area contributed by atoms with Gasteiger partial charge in [0.1, 0.15) is 9.92 Å². The van der Waals surface area contributed by atoms with Crippen molar-refractivity contribution in [3.63, 3.8) is 0 Å². The lowest BCUT2D eigenvalue weighted by molar-refractivity contribution is 0.600. The van der Waals surface area contributed by atoms with Gasteiger partial charge in [-0.15, -0.1) is 0 Å². The van der Waals surface area contributed by atoms with E-state index in [2.05, 4.69) is 9.71 Å². The number of nitrogens with one attached hydrogen (secondary N) is 2. The third kappa shape index (κ3) is 3.37. The second-order valence-electron chi connectivity index (χ2n) is 4.53. The number of pyridine rings is 1.